The first-order chi connectivity index (χ1) is 15.4. The van der Waals surface area contributed by atoms with Crippen molar-refractivity contribution in [2.75, 3.05) is 13.2 Å². The molecule has 1 amide bonds. The maximum Gasteiger partial charge on any atom is 0.416 e. The minimum atomic E-state index is -4.46. The fraction of sp³-hybridized carbons (Fsp3) is 0.304. The van der Waals surface area contributed by atoms with Gasteiger partial charge in [-0.25, -0.2) is 4.98 Å². The summed E-state index contributed by atoms with van der Waals surface area (Å²) in [6.07, 6.45) is -2.51. The zero-order chi connectivity index (χ0) is 22.6. The molecule has 1 N–H and O–H groups in total. The largest absolute Gasteiger partial charge is 0.488 e. The van der Waals surface area contributed by atoms with Gasteiger partial charge in [0, 0.05) is 24.1 Å². The van der Waals surface area contributed by atoms with Gasteiger partial charge < -0.3 is 14.8 Å². The van der Waals surface area contributed by atoms with E-state index >= 15 is 0 Å². The summed E-state index contributed by atoms with van der Waals surface area (Å²) >= 11 is 1.27. The third kappa shape index (κ3) is 5.28. The van der Waals surface area contributed by atoms with E-state index < -0.39 is 11.7 Å². The highest BCUT2D eigenvalue weighted by atomic mass is 32.1. The molecule has 32 heavy (non-hydrogen) atoms. The van der Waals surface area contributed by atoms with Crippen LogP contribution in [0.2, 0.25) is 0 Å². The van der Waals surface area contributed by atoms with Gasteiger partial charge in [0.05, 0.1) is 17.2 Å². The summed E-state index contributed by atoms with van der Waals surface area (Å²) in [5.74, 6) is 0.102. The van der Waals surface area contributed by atoms with Crippen LogP contribution in [0.1, 0.15) is 34.5 Å². The number of rotatable bonds is 7. The normalized spacial score (nSPS) is 16.2. The molecule has 9 heteroatoms. The van der Waals surface area contributed by atoms with Crippen LogP contribution < -0.4 is 10.1 Å². The van der Waals surface area contributed by atoms with E-state index in [-0.39, 0.29) is 29.9 Å². The number of halogens is 3. The number of ether oxygens (including phenoxy) is 2. The standard InChI is InChI=1S/C23H21F3N2O3S/c24-23(25,26)18-9-3-1-6-15(18)13-31-20-10-4-2-8-17(20)22-28-19(14-32-22)21(29)27-12-16-7-5-11-30-16/h1-4,6,8-10,14,16H,5,7,11-13H2,(H,27,29). The molecule has 0 bridgehead atoms. The number of para-hydroxylation sites is 1. The number of amides is 1. The second kappa shape index (κ2) is 9.70. The van der Waals surface area contributed by atoms with Gasteiger partial charge in [-0.3, -0.25) is 4.79 Å². The van der Waals surface area contributed by atoms with Gasteiger partial charge in [-0.15, -0.1) is 11.3 Å². The average molecular weight is 462 g/mol. The van der Waals surface area contributed by atoms with Crippen molar-refractivity contribution >= 4 is 17.2 Å². The van der Waals surface area contributed by atoms with Crippen LogP contribution in [-0.2, 0) is 17.5 Å². The van der Waals surface area contributed by atoms with E-state index in [1.165, 1.54) is 23.5 Å². The van der Waals surface area contributed by atoms with Gasteiger partial charge >= 0.3 is 6.18 Å². The van der Waals surface area contributed by atoms with Gasteiger partial charge in [0.1, 0.15) is 23.1 Å². The number of nitrogens with zero attached hydrogens (tertiary/aromatic N) is 1. The number of carbonyl (C=O) groups is 1. The van der Waals surface area contributed by atoms with E-state index in [2.05, 4.69) is 10.3 Å². The quantitative estimate of drug-likeness (QED) is 0.517. The van der Waals surface area contributed by atoms with E-state index in [4.69, 9.17) is 9.47 Å². The predicted octanol–water partition coefficient (Wildman–Crippen LogP) is 5.32. The zero-order valence-corrected chi connectivity index (χ0v) is 17.8. The fourth-order valence-electron chi connectivity index (χ4n) is 3.45. The molecule has 168 valence electrons. The van der Waals surface area contributed by atoms with Crippen LogP contribution in [0.4, 0.5) is 13.2 Å². The number of thiazole rings is 1. The maximum absolute atomic E-state index is 13.2. The molecule has 4 rings (SSSR count). The van der Waals surface area contributed by atoms with Crippen molar-refractivity contribution < 1.29 is 27.4 Å². The Kier molecular flexibility index (Phi) is 6.76. The molecule has 0 spiro atoms. The van der Waals surface area contributed by atoms with Crippen molar-refractivity contribution in [3.63, 3.8) is 0 Å². The van der Waals surface area contributed by atoms with E-state index in [0.29, 0.717) is 29.5 Å². The minimum Gasteiger partial charge on any atom is -0.488 e. The highest BCUT2D eigenvalue weighted by molar-refractivity contribution is 7.13. The molecule has 5 nitrogen and oxygen atoms in total. The summed E-state index contributed by atoms with van der Waals surface area (Å²) < 4.78 is 51.0. The van der Waals surface area contributed by atoms with Crippen molar-refractivity contribution in [3.05, 3.63) is 70.7 Å². The summed E-state index contributed by atoms with van der Waals surface area (Å²) in [6, 6.07) is 12.3. The van der Waals surface area contributed by atoms with Crippen molar-refractivity contribution in [2.24, 2.45) is 0 Å². The monoisotopic (exact) mass is 462 g/mol. The van der Waals surface area contributed by atoms with Crippen LogP contribution in [0.25, 0.3) is 10.6 Å². The van der Waals surface area contributed by atoms with E-state index in [9.17, 15) is 18.0 Å². The Morgan fingerprint density at radius 3 is 2.75 bits per heavy atom. The number of aromatic nitrogens is 1. The molecule has 1 unspecified atom stereocenters. The summed E-state index contributed by atoms with van der Waals surface area (Å²) in [4.78, 5) is 16.8. The van der Waals surface area contributed by atoms with Crippen molar-refractivity contribution in [1.82, 2.24) is 10.3 Å². The van der Waals surface area contributed by atoms with Gasteiger partial charge in [-0.05, 0) is 31.0 Å². The maximum atomic E-state index is 13.2. The van der Waals surface area contributed by atoms with Gasteiger partial charge in [0.25, 0.3) is 5.91 Å². The lowest BCUT2D eigenvalue weighted by molar-refractivity contribution is -0.138. The lowest BCUT2D eigenvalue weighted by atomic mass is 10.1. The molecule has 0 aliphatic carbocycles. The van der Waals surface area contributed by atoms with Crippen molar-refractivity contribution in [3.8, 4) is 16.3 Å². The Hall–Kier alpha value is -2.91. The zero-order valence-electron chi connectivity index (χ0n) is 17.0. The Bertz CT molecular complexity index is 1080. The van der Waals surface area contributed by atoms with Gasteiger partial charge in [-0.1, -0.05) is 30.3 Å². The molecule has 1 aliphatic rings. The first-order valence-electron chi connectivity index (χ1n) is 10.1. The van der Waals surface area contributed by atoms with E-state index in [0.717, 1.165) is 18.9 Å². The molecular weight excluding hydrogens is 441 g/mol. The van der Waals surface area contributed by atoms with Crippen molar-refractivity contribution in [1.29, 1.82) is 0 Å². The van der Waals surface area contributed by atoms with E-state index in [1.807, 2.05) is 0 Å². The number of alkyl halides is 3. The summed E-state index contributed by atoms with van der Waals surface area (Å²) in [6.45, 7) is 0.905. The Labute approximate surface area is 187 Å². The average Bonchev–Trinajstić information content (AvgIpc) is 3.48. The lowest BCUT2D eigenvalue weighted by Crippen LogP contribution is -2.31. The summed E-state index contributed by atoms with van der Waals surface area (Å²) in [5, 5.41) is 5.03. The van der Waals surface area contributed by atoms with Crippen LogP contribution in [-0.4, -0.2) is 30.1 Å². The fourth-order valence-corrected chi connectivity index (χ4v) is 4.28. The minimum absolute atomic E-state index is 0.0331. The summed E-state index contributed by atoms with van der Waals surface area (Å²) in [5.41, 5.74) is 0.209. The Morgan fingerprint density at radius 1 is 1.19 bits per heavy atom. The number of hydrogen-bond acceptors (Lipinski definition) is 5. The second-order valence-electron chi connectivity index (χ2n) is 7.32. The molecule has 0 radical (unpaired) electrons. The predicted molar refractivity (Wildman–Crippen MR) is 115 cm³/mol. The molecular formula is C23H21F3N2O3S. The first-order valence-corrected chi connectivity index (χ1v) is 11.0. The molecule has 1 atom stereocenters. The molecule has 1 aliphatic heterocycles. The highest BCUT2D eigenvalue weighted by Gasteiger charge is 2.33. The second-order valence-corrected chi connectivity index (χ2v) is 8.18. The van der Waals surface area contributed by atoms with Gasteiger partial charge in [0.2, 0.25) is 0 Å². The molecule has 1 saturated heterocycles. The first kappa shape index (κ1) is 22.3. The third-order valence-corrected chi connectivity index (χ3v) is 5.95. The molecule has 0 saturated carbocycles. The smallest absolute Gasteiger partial charge is 0.416 e. The number of benzene rings is 2. The van der Waals surface area contributed by atoms with Gasteiger partial charge in [-0.2, -0.15) is 13.2 Å². The Morgan fingerprint density at radius 2 is 1.97 bits per heavy atom. The summed E-state index contributed by atoms with van der Waals surface area (Å²) in [7, 11) is 0. The van der Waals surface area contributed by atoms with Crippen molar-refractivity contribution in [2.45, 2.75) is 31.7 Å². The van der Waals surface area contributed by atoms with Crippen LogP contribution in [0.15, 0.2) is 53.9 Å². The molecule has 1 fully saturated rings. The third-order valence-electron chi connectivity index (χ3n) is 5.07. The molecule has 2 heterocycles. The van der Waals surface area contributed by atoms with Crippen LogP contribution in [0, 0.1) is 0 Å². The van der Waals surface area contributed by atoms with E-state index in [1.54, 1.807) is 35.7 Å². The number of hydrogen-bond donors (Lipinski definition) is 1. The molecule has 1 aromatic heterocycles. The Balaban J connectivity index is 1.47. The highest BCUT2D eigenvalue weighted by Crippen LogP contribution is 2.35. The van der Waals surface area contributed by atoms with Crippen LogP contribution in [0.3, 0.4) is 0 Å². The van der Waals surface area contributed by atoms with Gasteiger partial charge in [0.15, 0.2) is 0 Å². The lowest BCUT2D eigenvalue weighted by Gasteiger charge is -2.14. The molecule has 2 aromatic carbocycles. The molecule has 3 aromatic rings. The van der Waals surface area contributed by atoms with Crippen LogP contribution >= 0.6 is 11.3 Å². The topological polar surface area (TPSA) is 60.5 Å². The SMILES string of the molecule is O=C(NCC1CCCO1)c1csc(-c2ccccc2OCc2ccccc2C(F)(F)F)n1. The number of carbonyl (C=O) groups excluding carboxylic acids is 1. The van der Waals surface area contributed by atoms with Crippen LogP contribution in [0.5, 0.6) is 5.75 Å². The number of nitrogens with one attached hydrogen (secondary N) is 1.